The van der Waals surface area contributed by atoms with E-state index in [1.165, 1.54) is 12.1 Å². The molecule has 0 bridgehead atoms. The predicted octanol–water partition coefficient (Wildman–Crippen LogP) is 2.27. The summed E-state index contributed by atoms with van der Waals surface area (Å²) in [7, 11) is -4.13. The van der Waals surface area contributed by atoms with Crippen LogP contribution >= 0.6 is 0 Å². The van der Waals surface area contributed by atoms with Crippen molar-refractivity contribution >= 4 is 16.2 Å². The van der Waals surface area contributed by atoms with Crippen molar-refractivity contribution in [3.8, 4) is 6.07 Å². The maximum atomic E-state index is 14.3. The van der Waals surface area contributed by atoms with Crippen molar-refractivity contribution in [1.29, 1.82) is 5.26 Å². The van der Waals surface area contributed by atoms with Gasteiger partial charge < -0.3 is 0 Å². The predicted molar refractivity (Wildman–Crippen MR) is 92.2 cm³/mol. The minimum absolute atomic E-state index is 0.337. The van der Waals surface area contributed by atoms with Gasteiger partial charge >= 0.3 is 0 Å². The van der Waals surface area contributed by atoms with E-state index >= 15 is 0 Å². The molecule has 2 aromatic carbocycles. The number of hydrogen-bond donors (Lipinski definition) is 1. The van der Waals surface area contributed by atoms with Crippen molar-refractivity contribution in [2.75, 3.05) is 6.54 Å². The maximum absolute atomic E-state index is 14.3. The van der Waals surface area contributed by atoms with Crippen LogP contribution in [0.4, 0.5) is 4.39 Å². The molecule has 2 aromatic rings. The van der Waals surface area contributed by atoms with Crippen LogP contribution in [0.25, 0.3) is 0 Å². The lowest BCUT2D eigenvalue weighted by molar-refractivity contribution is 0.561. The van der Waals surface area contributed by atoms with Crippen LogP contribution in [0.5, 0.6) is 0 Å². The number of nitrogens with two attached hydrogens (primary N) is 1. The highest BCUT2D eigenvalue weighted by molar-refractivity contribution is 7.89. The summed E-state index contributed by atoms with van der Waals surface area (Å²) in [6.07, 6.45) is 5.29. The molecule has 126 valence electrons. The van der Waals surface area contributed by atoms with Crippen LogP contribution < -0.4 is 5.14 Å². The summed E-state index contributed by atoms with van der Waals surface area (Å²) in [4.78, 5) is 3.74. The average molecular weight is 355 g/mol. The number of halogens is 1. The second-order valence-corrected chi connectivity index (χ2v) is 7.23. The van der Waals surface area contributed by atoms with Crippen LogP contribution in [0.2, 0.25) is 0 Å². The second kappa shape index (κ2) is 6.24. The van der Waals surface area contributed by atoms with E-state index in [1.54, 1.807) is 36.6 Å². The van der Waals surface area contributed by atoms with Crippen molar-refractivity contribution in [2.24, 2.45) is 10.1 Å². The third kappa shape index (κ3) is 3.09. The summed E-state index contributed by atoms with van der Waals surface area (Å²) in [5.41, 5.74) is 1.14. The number of dihydropyridines is 1. The van der Waals surface area contributed by atoms with Gasteiger partial charge in [0.25, 0.3) is 0 Å². The molecule has 0 aliphatic carbocycles. The number of nitriles is 1. The second-order valence-electron chi connectivity index (χ2n) is 5.70. The van der Waals surface area contributed by atoms with Crippen molar-refractivity contribution < 1.29 is 12.8 Å². The molecule has 0 spiro atoms. The van der Waals surface area contributed by atoms with E-state index in [4.69, 9.17) is 10.4 Å². The summed E-state index contributed by atoms with van der Waals surface area (Å²) in [6, 6.07) is 12.9. The Morgan fingerprint density at radius 1 is 1.16 bits per heavy atom. The molecule has 0 fully saturated rings. The van der Waals surface area contributed by atoms with Gasteiger partial charge in [-0.15, -0.1) is 0 Å². The minimum atomic E-state index is -4.13. The van der Waals surface area contributed by atoms with Gasteiger partial charge in [0.2, 0.25) is 10.0 Å². The Bertz CT molecular complexity index is 1020. The molecule has 0 saturated heterocycles. The van der Waals surface area contributed by atoms with E-state index in [2.05, 4.69) is 11.1 Å². The smallest absolute Gasteiger partial charge is 0.240 e. The van der Waals surface area contributed by atoms with Gasteiger partial charge in [-0.3, -0.25) is 4.99 Å². The molecule has 1 unspecified atom stereocenters. The monoisotopic (exact) mass is 355 g/mol. The number of allylic oxidation sites excluding steroid dienone is 1. The topological polar surface area (TPSA) is 96.3 Å². The number of aliphatic imine (C=N–C) groups is 1. The molecule has 1 aliphatic rings. The molecule has 0 amide bonds. The molecule has 0 saturated carbocycles. The molecule has 5 nitrogen and oxygen atoms in total. The molecule has 2 N–H and O–H groups in total. The normalized spacial score (nSPS) is 19.6. The lowest BCUT2D eigenvalue weighted by atomic mass is 9.73. The fourth-order valence-corrected chi connectivity index (χ4v) is 3.50. The highest BCUT2D eigenvalue weighted by Crippen LogP contribution is 2.37. The number of rotatable bonds is 3. The Morgan fingerprint density at radius 2 is 1.84 bits per heavy atom. The van der Waals surface area contributed by atoms with E-state index in [-0.39, 0.29) is 0 Å². The molecule has 1 atom stereocenters. The van der Waals surface area contributed by atoms with Gasteiger partial charge in [0.15, 0.2) is 0 Å². The summed E-state index contributed by atoms with van der Waals surface area (Å²) in [5.74, 6) is -0.907. The van der Waals surface area contributed by atoms with Gasteiger partial charge in [0.05, 0.1) is 23.6 Å². The van der Waals surface area contributed by atoms with Gasteiger partial charge in [-0.25, -0.2) is 17.9 Å². The first-order valence-corrected chi connectivity index (χ1v) is 8.92. The third-order valence-corrected chi connectivity index (χ3v) is 5.14. The van der Waals surface area contributed by atoms with Gasteiger partial charge in [0, 0.05) is 6.21 Å². The van der Waals surface area contributed by atoms with Crippen LogP contribution in [0.3, 0.4) is 0 Å². The average Bonchev–Trinajstić information content (AvgIpc) is 2.61. The van der Waals surface area contributed by atoms with Gasteiger partial charge in [-0.2, -0.15) is 5.26 Å². The minimum Gasteiger partial charge on any atom is -0.292 e. The zero-order valence-electron chi connectivity index (χ0n) is 13.1. The number of sulfonamides is 1. The quantitative estimate of drug-likeness (QED) is 0.915. The van der Waals surface area contributed by atoms with Gasteiger partial charge in [-0.1, -0.05) is 24.3 Å². The summed E-state index contributed by atoms with van der Waals surface area (Å²) in [6.45, 7) is 0.337. The molecule has 25 heavy (non-hydrogen) atoms. The molecular weight excluding hydrogens is 341 g/mol. The molecule has 7 heteroatoms. The third-order valence-electron chi connectivity index (χ3n) is 4.20. The summed E-state index contributed by atoms with van der Waals surface area (Å²) in [5, 5.41) is 14.0. The standard InChI is InChI=1S/C18H14FN3O2S/c19-16-10-15(6-7-17(16)25(21,23)24)18(8-1-9-22-12-18)14-4-2-13(11-20)3-5-14/h1-10H,12H2,(H2,21,23,24). The Morgan fingerprint density at radius 3 is 2.36 bits per heavy atom. The highest BCUT2D eigenvalue weighted by Gasteiger charge is 2.33. The number of nitrogens with zero attached hydrogens (tertiary/aromatic N) is 2. The van der Waals surface area contributed by atoms with Crippen LogP contribution in [0.1, 0.15) is 16.7 Å². The van der Waals surface area contributed by atoms with E-state index in [0.717, 1.165) is 11.6 Å². The molecule has 1 heterocycles. The Kier molecular flexibility index (Phi) is 4.25. The summed E-state index contributed by atoms with van der Waals surface area (Å²) < 4.78 is 37.2. The fraction of sp³-hybridized carbons (Fsp3) is 0.111. The van der Waals surface area contributed by atoms with Crippen molar-refractivity contribution in [1.82, 2.24) is 0 Å². The van der Waals surface area contributed by atoms with E-state index in [9.17, 15) is 12.8 Å². The zero-order valence-corrected chi connectivity index (χ0v) is 13.9. The molecular formula is C18H14FN3O2S. The Balaban J connectivity index is 2.17. The van der Waals surface area contributed by atoms with Crippen molar-refractivity contribution in [3.63, 3.8) is 0 Å². The lowest BCUT2D eigenvalue weighted by Gasteiger charge is -2.32. The number of hydrogen-bond acceptors (Lipinski definition) is 4. The highest BCUT2D eigenvalue weighted by atomic mass is 32.2. The number of benzene rings is 2. The van der Waals surface area contributed by atoms with Gasteiger partial charge in [0.1, 0.15) is 10.7 Å². The maximum Gasteiger partial charge on any atom is 0.240 e. The van der Waals surface area contributed by atoms with Crippen molar-refractivity contribution in [2.45, 2.75) is 10.3 Å². The molecule has 0 aromatic heterocycles. The van der Waals surface area contributed by atoms with Crippen LogP contribution in [0, 0.1) is 17.1 Å². The molecule has 0 radical (unpaired) electrons. The van der Waals surface area contributed by atoms with E-state index in [1.807, 2.05) is 6.08 Å². The Hall–Kier alpha value is -2.82. The first-order valence-electron chi connectivity index (χ1n) is 7.38. The Labute approximate surface area is 145 Å². The van der Waals surface area contributed by atoms with Crippen LogP contribution in [0.15, 0.2) is 64.5 Å². The van der Waals surface area contributed by atoms with E-state index < -0.39 is 26.2 Å². The van der Waals surface area contributed by atoms with E-state index in [0.29, 0.717) is 17.7 Å². The first kappa shape index (κ1) is 17.0. The first-order chi connectivity index (χ1) is 11.9. The van der Waals surface area contributed by atoms with Crippen LogP contribution in [-0.4, -0.2) is 21.2 Å². The van der Waals surface area contributed by atoms with Crippen LogP contribution in [-0.2, 0) is 15.4 Å². The summed E-state index contributed by atoms with van der Waals surface area (Å²) >= 11 is 0. The zero-order chi connectivity index (χ0) is 18.1. The molecule has 3 rings (SSSR count). The van der Waals surface area contributed by atoms with Gasteiger partial charge in [-0.05, 0) is 41.5 Å². The van der Waals surface area contributed by atoms with Crippen molar-refractivity contribution in [3.05, 3.63) is 77.1 Å². The fourth-order valence-electron chi connectivity index (χ4n) is 2.91. The number of primary sulfonamides is 1. The largest absolute Gasteiger partial charge is 0.292 e. The SMILES string of the molecule is N#Cc1ccc(C2(c3ccc(S(N)(=O)=O)c(F)c3)C=CC=NC2)cc1. The lowest BCUT2D eigenvalue weighted by Crippen LogP contribution is -2.31. The molecule has 1 aliphatic heterocycles.